The highest BCUT2D eigenvalue weighted by Gasteiger charge is 1.99. The molecule has 0 aromatic carbocycles. The molecular weight excluding hydrogens is 151 g/mol. The Morgan fingerprint density at radius 3 is 2.33 bits per heavy atom. The number of rotatable bonds is 3. The molecule has 0 rings (SSSR count). The molecule has 0 atom stereocenters. The minimum absolute atomic E-state index is 0.102. The van der Waals surface area contributed by atoms with Crippen molar-refractivity contribution in [2.45, 2.75) is 34.1 Å². The second-order valence-corrected chi connectivity index (χ2v) is 2.79. The topological polar surface area (TPSA) is 0 Å². The first-order valence-corrected chi connectivity index (χ1v) is 4.29. The Morgan fingerprint density at radius 2 is 1.92 bits per heavy atom. The lowest BCUT2D eigenvalue weighted by Crippen LogP contribution is -1.81. The van der Waals surface area contributed by atoms with Gasteiger partial charge >= 0.3 is 0 Å². The van der Waals surface area contributed by atoms with Crippen LogP contribution >= 0.6 is 0 Å². The van der Waals surface area contributed by atoms with Gasteiger partial charge in [-0.2, -0.15) is 0 Å². The van der Waals surface area contributed by atoms with Gasteiger partial charge in [-0.25, -0.2) is 4.39 Å². The molecule has 0 saturated heterocycles. The summed E-state index contributed by atoms with van der Waals surface area (Å²) in [5, 5.41) is 0. The molecule has 0 fully saturated rings. The normalized spacial score (nSPS) is 15.2. The molecule has 0 aliphatic heterocycles. The van der Waals surface area contributed by atoms with Gasteiger partial charge in [0.05, 0.1) is 0 Å². The van der Waals surface area contributed by atoms with E-state index in [1.807, 2.05) is 26.0 Å². The number of hydrogen-bond acceptors (Lipinski definition) is 0. The molecule has 0 aliphatic rings. The summed E-state index contributed by atoms with van der Waals surface area (Å²) in [6, 6.07) is 0. The fraction of sp³-hybridized carbons (Fsp3) is 0.455. The van der Waals surface area contributed by atoms with Gasteiger partial charge in [-0.05, 0) is 38.3 Å². The third kappa shape index (κ3) is 3.51. The molecule has 68 valence electrons. The van der Waals surface area contributed by atoms with Gasteiger partial charge in [0.1, 0.15) is 5.83 Å². The van der Waals surface area contributed by atoms with Crippen molar-refractivity contribution >= 4 is 0 Å². The van der Waals surface area contributed by atoms with Gasteiger partial charge in [0, 0.05) is 0 Å². The molecule has 0 aromatic rings. The molecule has 0 bridgehead atoms. The summed E-state index contributed by atoms with van der Waals surface area (Å²) in [5.41, 5.74) is 1.42. The van der Waals surface area contributed by atoms with Gasteiger partial charge in [-0.1, -0.05) is 25.2 Å². The van der Waals surface area contributed by atoms with Crippen molar-refractivity contribution in [1.29, 1.82) is 0 Å². The first kappa shape index (κ1) is 11.2. The Morgan fingerprint density at radius 1 is 1.33 bits per heavy atom. The molecule has 0 amide bonds. The zero-order chi connectivity index (χ0) is 9.56. The first-order valence-electron chi connectivity index (χ1n) is 4.29. The van der Waals surface area contributed by atoms with Crippen molar-refractivity contribution in [1.82, 2.24) is 0 Å². The number of hydrogen-bond donors (Lipinski definition) is 0. The number of allylic oxidation sites excluding steroid dienone is 6. The van der Waals surface area contributed by atoms with Crippen LogP contribution < -0.4 is 0 Å². The summed E-state index contributed by atoms with van der Waals surface area (Å²) in [5.74, 6) is -0.102. The smallest absolute Gasteiger partial charge is 0.128 e. The summed E-state index contributed by atoms with van der Waals surface area (Å²) in [4.78, 5) is 0. The summed E-state index contributed by atoms with van der Waals surface area (Å²) in [6.45, 7) is 7.46. The van der Waals surface area contributed by atoms with E-state index in [2.05, 4.69) is 0 Å². The summed E-state index contributed by atoms with van der Waals surface area (Å²) >= 11 is 0. The third-order valence-electron chi connectivity index (χ3n) is 1.62. The van der Waals surface area contributed by atoms with Crippen LogP contribution in [0.25, 0.3) is 0 Å². The van der Waals surface area contributed by atoms with E-state index in [1.54, 1.807) is 19.9 Å². The van der Waals surface area contributed by atoms with E-state index in [1.165, 1.54) is 0 Å². The maximum absolute atomic E-state index is 13.3. The van der Waals surface area contributed by atoms with E-state index in [9.17, 15) is 4.39 Å². The molecule has 0 unspecified atom stereocenters. The molecule has 0 radical (unpaired) electrons. The third-order valence-corrected chi connectivity index (χ3v) is 1.62. The molecule has 0 aromatic heterocycles. The van der Waals surface area contributed by atoms with E-state index < -0.39 is 0 Å². The predicted molar refractivity (Wildman–Crippen MR) is 52.7 cm³/mol. The van der Waals surface area contributed by atoms with Crippen molar-refractivity contribution in [2.24, 2.45) is 0 Å². The van der Waals surface area contributed by atoms with Gasteiger partial charge in [0.2, 0.25) is 0 Å². The van der Waals surface area contributed by atoms with Crippen LogP contribution in [0.15, 0.2) is 35.2 Å². The quantitative estimate of drug-likeness (QED) is 0.555. The zero-order valence-corrected chi connectivity index (χ0v) is 8.32. The maximum Gasteiger partial charge on any atom is 0.128 e. The Kier molecular flexibility index (Phi) is 5.35. The lowest BCUT2D eigenvalue weighted by atomic mass is 10.1. The summed E-state index contributed by atoms with van der Waals surface area (Å²) in [6.07, 6.45) is 6.39. The van der Waals surface area contributed by atoms with Crippen LogP contribution in [-0.4, -0.2) is 0 Å². The average Bonchev–Trinajstić information content (AvgIpc) is 2.04. The molecule has 0 nitrogen and oxygen atoms in total. The van der Waals surface area contributed by atoms with Crippen LogP contribution in [0.3, 0.4) is 0 Å². The van der Waals surface area contributed by atoms with Crippen molar-refractivity contribution in [2.75, 3.05) is 0 Å². The Hall–Kier alpha value is -0.850. The van der Waals surface area contributed by atoms with E-state index in [-0.39, 0.29) is 5.83 Å². The van der Waals surface area contributed by atoms with E-state index in [0.29, 0.717) is 5.57 Å². The predicted octanol–water partition coefficient (Wildman–Crippen LogP) is 4.16. The summed E-state index contributed by atoms with van der Waals surface area (Å²) in [7, 11) is 0. The van der Waals surface area contributed by atoms with Crippen LogP contribution in [0.5, 0.6) is 0 Å². The van der Waals surface area contributed by atoms with Crippen LogP contribution in [0, 0.1) is 0 Å². The van der Waals surface area contributed by atoms with E-state index in [0.717, 1.165) is 12.0 Å². The van der Waals surface area contributed by atoms with Crippen molar-refractivity contribution in [3.05, 3.63) is 35.2 Å². The van der Waals surface area contributed by atoms with E-state index in [4.69, 9.17) is 0 Å². The molecule has 0 spiro atoms. The Bertz CT molecular complexity index is 219. The van der Waals surface area contributed by atoms with Crippen LogP contribution in [0.4, 0.5) is 4.39 Å². The van der Waals surface area contributed by atoms with Gasteiger partial charge in [-0.3, -0.25) is 0 Å². The maximum atomic E-state index is 13.3. The van der Waals surface area contributed by atoms with Crippen molar-refractivity contribution in [3.8, 4) is 0 Å². The second kappa shape index (κ2) is 5.76. The zero-order valence-electron chi connectivity index (χ0n) is 8.32. The Labute approximate surface area is 74.5 Å². The average molecular weight is 168 g/mol. The van der Waals surface area contributed by atoms with Gasteiger partial charge in [-0.15, -0.1) is 0 Å². The SMILES string of the molecule is C/C=C/C(C)=C(F)\C(C)=C/CC. The highest BCUT2D eigenvalue weighted by Crippen LogP contribution is 2.17. The van der Waals surface area contributed by atoms with Crippen LogP contribution in [-0.2, 0) is 0 Å². The van der Waals surface area contributed by atoms with Crippen molar-refractivity contribution < 1.29 is 4.39 Å². The molecule has 0 aliphatic carbocycles. The minimum Gasteiger partial charge on any atom is -0.206 e. The summed E-state index contributed by atoms with van der Waals surface area (Å²) < 4.78 is 13.3. The van der Waals surface area contributed by atoms with Crippen molar-refractivity contribution in [3.63, 3.8) is 0 Å². The Balaban J connectivity index is 4.65. The standard InChI is InChI=1S/C11H17F/c1-5-7-9(3)11(12)10(4)8-6-2/h5,7-8H,6H2,1-4H3/b7-5+,10-8-,11-9+. The van der Waals surface area contributed by atoms with Crippen LogP contribution in [0.2, 0.25) is 0 Å². The second-order valence-electron chi connectivity index (χ2n) is 2.79. The molecule has 0 heterocycles. The molecule has 0 N–H and O–H groups in total. The first-order chi connectivity index (χ1) is 5.63. The van der Waals surface area contributed by atoms with Gasteiger partial charge < -0.3 is 0 Å². The van der Waals surface area contributed by atoms with Gasteiger partial charge in [0.25, 0.3) is 0 Å². The van der Waals surface area contributed by atoms with Crippen LogP contribution in [0.1, 0.15) is 34.1 Å². The lowest BCUT2D eigenvalue weighted by molar-refractivity contribution is 0.641. The molecule has 0 saturated carbocycles. The monoisotopic (exact) mass is 168 g/mol. The molecule has 12 heavy (non-hydrogen) atoms. The van der Waals surface area contributed by atoms with Gasteiger partial charge in [0.15, 0.2) is 0 Å². The fourth-order valence-corrected chi connectivity index (χ4v) is 1.03. The molecule has 1 heteroatoms. The van der Waals surface area contributed by atoms with E-state index >= 15 is 0 Å². The number of halogens is 1. The largest absolute Gasteiger partial charge is 0.206 e. The highest BCUT2D eigenvalue weighted by molar-refractivity contribution is 5.32. The lowest BCUT2D eigenvalue weighted by Gasteiger charge is -1.99. The fourth-order valence-electron chi connectivity index (χ4n) is 1.03. The minimum atomic E-state index is -0.102. The molecular formula is C11H17F. The highest BCUT2D eigenvalue weighted by atomic mass is 19.1.